The first-order chi connectivity index (χ1) is 7.54. The number of benzene rings is 1. The molecule has 0 unspecified atom stereocenters. The van der Waals surface area contributed by atoms with E-state index in [1.807, 2.05) is 13.8 Å². The fraction of sp³-hybridized carbons (Fsp3) is 0.267. The number of nitrogens with zero attached hydrogens (tertiary/aromatic N) is 1. The number of rotatable bonds is 1. The lowest BCUT2D eigenvalue weighted by Gasteiger charge is -2.07. The maximum absolute atomic E-state index is 4.40. The molecular formula is C15H16N. The third-order valence-corrected chi connectivity index (χ3v) is 2.55. The number of hydrogen-bond acceptors (Lipinski definition) is 1. The van der Waals surface area contributed by atoms with Crippen LogP contribution in [0.1, 0.15) is 22.5 Å². The van der Waals surface area contributed by atoms with Crippen LogP contribution in [0, 0.1) is 33.8 Å². The second-order valence-electron chi connectivity index (χ2n) is 4.37. The lowest BCUT2D eigenvalue weighted by atomic mass is 10.0. The maximum atomic E-state index is 4.40. The minimum atomic E-state index is 1.07. The Morgan fingerprint density at radius 2 is 1.19 bits per heavy atom. The Labute approximate surface area is 97.2 Å². The van der Waals surface area contributed by atoms with E-state index >= 15 is 0 Å². The van der Waals surface area contributed by atoms with Crippen LogP contribution >= 0.6 is 0 Å². The first kappa shape index (κ1) is 10.9. The van der Waals surface area contributed by atoms with E-state index in [2.05, 4.69) is 49.2 Å². The molecule has 0 amide bonds. The highest BCUT2D eigenvalue weighted by Gasteiger charge is 2.02. The van der Waals surface area contributed by atoms with Gasteiger partial charge in [-0.1, -0.05) is 12.1 Å². The number of hydrogen-bond donors (Lipinski definition) is 0. The molecule has 1 heteroatoms. The number of aromatic nitrogens is 1. The molecule has 0 spiro atoms. The third-order valence-electron chi connectivity index (χ3n) is 2.55. The Bertz CT molecular complexity index is 437. The molecule has 0 fully saturated rings. The summed E-state index contributed by atoms with van der Waals surface area (Å²) in [6, 6.07) is 11.9. The fourth-order valence-electron chi connectivity index (χ4n) is 2.06. The van der Waals surface area contributed by atoms with Gasteiger partial charge in [0.25, 0.3) is 0 Å². The molecule has 1 nitrogen and oxygen atoms in total. The number of pyridine rings is 1. The highest BCUT2D eigenvalue weighted by Crippen LogP contribution is 2.23. The average Bonchev–Trinajstić information content (AvgIpc) is 2.14. The Morgan fingerprint density at radius 3 is 1.69 bits per heavy atom. The van der Waals surface area contributed by atoms with Gasteiger partial charge in [0.2, 0.25) is 0 Å². The van der Waals surface area contributed by atoms with E-state index in [4.69, 9.17) is 0 Å². The largest absolute Gasteiger partial charge is 0.258 e. The van der Waals surface area contributed by atoms with E-state index < -0.39 is 0 Å². The zero-order valence-corrected chi connectivity index (χ0v) is 10.3. The molecule has 0 bridgehead atoms. The number of aryl methyl sites for hydroxylation is 4. The summed E-state index contributed by atoms with van der Waals surface area (Å²) < 4.78 is 0. The summed E-state index contributed by atoms with van der Waals surface area (Å²) in [6.07, 6.45) is 0. The van der Waals surface area contributed by atoms with Gasteiger partial charge in [0.05, 0.1) is 0 Å². The molecule has 1 aromatic heterocycles. The topological polar surface area (TPSA) is 12.9 Å². The summed E-state index contributed by atoms with van der Waals surface area (Å²) in [5, 5.41) is 0. The standard InChI is InChI=1S/C15H16N/c1-10-5-11(2)7-14(6-10)15-8-12(3)16-13(4)9-15/h6-9H,1-4H3. The van der Waals surface area contributed by atoms with Gasteiger partial charge in [-0.3, -0.25) is 4.98 Å². The lowest BCUT2D eigenvalue weighted by Crippen LogP contribution is -1.89. The van der Waals surface area contributed by atoms with Crippen LogP contribution in [-0.4, -0.2) is 4.98 Å². The van der Waals surface area contributed by atoms with E-state index in [0.29, 0.717) is 0 Å². The van der Waals surface area contributed by atoms with Crippen molar-refractivity contribution in [3.05, 3.63) is 52.8 Å². The zero-order valence-electron chi connectivity index (χ0n) is 10.3. The van der Waals surface area contributed by atoms with Crippen molar-refractivity contribution in [2.24, 2.45) is 0 Å². The third kappa shape index (κ3) is 2.30. The van der Waals surface area contributed by atoms with Gasteiger partial charge >= 0.3 is 0 Å². The average molecular weight is 210 g/mol. The van der Waals surface area contributed by atoms with Crippen LogP contribution in [0.25, 0.3) is 11.1 Å². The van der Waals surface area contributed by atoms with E-state index in [0.717, 1.165) is 11.4 Å². The van der Waals surface area contributed by atoms with E-state index in [-0.39, 0.29) is 0 Å². The zero-order chi connectivity index (χ0) is 11.7. The van der Waals surface area contributed by atoms with Crippen molar-refractivity contribution in [2.75, 3.05) is 0 Å². The van der Waals surface area contributed by atoms with Gasteiger partial charge in [0, 0.05) is 11.4 Å². The van der Waals surface area contributed by atoms with Gasteiger partial charge in [-0.25, -0.2) is 0 Å². The van der Waals surface area contributed by atoms with Crippen molar-refractivity contribution in [3.8, 4) is 11.1 Å². The molecule has 0 N–H and O–H groups in total. The molecule has 1 aromatic carbocycles. The second-order valence-corrected chi connectivity index (χ2v) is 4.37. The Balaban J connectivity index is 2.57. The first-order valence-electron chi connectivity index (χ1n) is 5.51. The van der Waals surface area contributed by atoms with Gasteiger partial charge < -0.3 is 0 Å². The van der Waals surface area contributed by atoms with Crippen LogP contribution in [0.3, 0.4) is 0 Å². The predicted molar refractivity (Wildman–Crippen MR) is 67.5 cm³/mol. The SMILES string of the molecule is Cc1[c]c(C)cc(-c2cc(C)nc(C)c2)c1. The molecular weight excluding hydrogens is 194 g/mol. The molecule has 0 saturated heterocycles. The van der Waals surface area contributed by atoms with Crippen molar-refractivity contribution >= 4 is 0 Å². The highest BCUT2D eigenvalue weighted by molar-refractivity contribution is 5.65. The van der Waals surface area contributed by atoms with Crippen LogP contribution in [0.15, 0.2) is 24.3 Å². The van der Waals surface area contributed by atoms with Crippen LogP contribution in [0.2, 0.25) is 0 Å². The quantitative estimate of drug-likeness (QED) is 0.698. The molecule has 1 radical (unpaired) electrons. The van der Waals surface area contributed by atoms with Gasteiger partial charge in [-0.15, -0.1) is 0 Å². The van der Waals surface area contributed by atoms with Crippen molar-refractivity contribution in [1.82, 2.24) is 4.98 Å². The molecule has 81 valence electrons. The summed E-state index contributed by atoms with van der Waals surface area (Å²) in [5.41, 5.74) is 6.99. The van der Waals surface area contributed by atoms with Crippen LogP contribution in [0.4, 0.5) is 0 Å². The van der Waals surface area contributed by atoms with Crippen molar-refractivity contribution in [1.29, 1.82) is 0 Å². The molecule has 0 aliphatic carbocycles. The molecule has 1 heterocycles. The normalized spacial score (nSPS) is 10.5. The monoisotopic (exact) mass is 210 g/mol. The van der Waals surface area contributed by atoms with E-state index in [9.17, 15) is 0 Å². The summed E-state index contributed by atoms with van der Waals surface area (Å²) in [6.45, 7) is 8.23. The maximum Gasteiger partial charge on any atom is 0.0382 e. The fourth-order valence-corrected chi connectivity index (χ4v) is 2.06. The van der Waals surface area contributed by atoms with Gasteiger partial charge in [-0.2, -0.15) is 0 Å². The molecule has 2 aromatic rings. The molecule has 16 heavy (non-hydrogen) atoms. The van der Waals surface area contributed by atoms with Crippen molar-refractivity contribution in [2.45, 2.75) is 27.7 Å². The van der Waals surface area contributed by atoms with Crippen LogP contribution in [0.5, 0.6) is 0 Å². The Morgan fingerprint density at radius 1 is 0.750 bits per heavy atom. The van der Waals surface area contributed by atoms with Crippen LogP contribution in [-0.2, 0) is 0 Å². The lowest BCUT2D eigenvalue weighted by molar-refractivity contribution is 1.12. The summed E-state index contributed by atoms with van der Waals surface area (Å²) in [7, 11) is 0. The van der Waals surface area contributed by atoms with Gasteiger partial charge in [0.1, 0.15) is 0 Å². The highest BCUT2D eigenvalue weighted by atomic mass is 14.7. The minimum absolute atomic E-state index is 1.07. The summed E-state index contributed by atoms with van der Waals surface area (Å²) in [5.74, 6) is 0. The van der Waals surface area contributed by atoms with Gasteiger partial charge in [-0.05, 0) is 68.1 Å². The molecule has 2 rings (SSSR count). The molecule has 0 saturated carbocycles. The van der Waals surface area contributed by atoms with Gasteiger partial charge in [0.15, 0.2) is 0 Å². The Kier molecular flexibility index (Phi) is 2.78. The van der Waals surface area contributed by atoms with E-state index in [1.165, 1.54) is 22.3 Å². The van der Waals surface area contributed by atoms with E-state index in [1.54, 1.807) is 0 Å². The summed E-state index contributed by atoms with van der Waals surface area (Å²) >= 11 is 0. The molecule has 0 aliphatic rings. The second kappa shape index (κ2) is 4.09. The Hall–Kier alpha value is -1.63. The summed E-state index contributed by atoms with van der Waals surface area (Å²) in [4.78, 5) is 4.40. The smallest absolute Gasteiger partial charge is 0.0382 e. The van der Waals surface area contributed by atoms with Crippen molar-refractivity contribution < 1.29 is 0 Å². The molecule has 0 aliphatic heterocycles. The predicted octanol–water partition coefficient (Wildman–Crippen LogP) is 3.78. The van der Waals surface area contributed by atoms with Crippen LogP contribution < -0.4 is 0 Å². The first-order valence-corrected chi connectivity index (χ1v) is 5.51. The molecule has 0 atom stereocenters. The van der Waals surface area contributed by atoms with Crippen molar-refractivity contribution in [3.63, 3.8) is 0 Å². The minimum Gasteiger partial charge on any atom is -0.258 e.